The van der Waals surface area contributed by atoms with Crippen molar-refractivity contribution in [3.63, 3.8) is 0 Å². The predicted molar refractivity (Wildman–Crippen MR) is 71.9 cm³/mol. The molecule has 0 saturated heterocycles. The molecule has 0 radical (unpaired) electrons. The minimum Gasteiger partial charge on any atom is -0.300 e. The topological polar surface area (TPSA) is 49.4 Å². The molecule has 1 unspecified atom stereocenters. The summed E-state index contributed by atoms with van der Waals surface area (Å²) in [5, 5.41) is 1.77. The molecule has 1 aromatic heterocycles. The number of thiophene rings is 1. The summed E-state index contributed by atoms with van der Waals surface area (Å²) in [5.41, 5.74) is 0. The highest BCUT2D eigenvalue weighted by molar-refractivity contribution is 7.91. The Labute approximate surface area is 108 Å². The zero-order valence-electron chi connectivity index (χ0n) is 10.5. The van der Waals surface area contributed by atoms with Crippen LogP contribution in [0.25, 0.3) is 0 Å². The van der Waals surface area contributed by atoms with Crippen LogP contribution in [0.1, 0.15) is 20.8 Å². The summed E-state index contributed by atoms with van der Waals surface area (Å²) in [5.74, 6) is 0. The van der Waals surface area contributed by atoms with Crippen LogP contribution < -0.4 is 4.72 Å². The van der Waals surface area contributed by atoms with Crippen molar-refractivity contribution in [3.8, 4) is 0 Å². The Morgan fingerprint density at radius 2 is 2.06 bits per heavy atom. The molecule has 17 heavy (non-hydrogen) atoms. The Balaban J connectivity index is 2.56. The monoisotopic (exact) mass is 276 g/mol. The maximum atomic E-state index is 11.9. The van der Waals surface area contributed by atoms with Gasteiger partial charge >= 0.3 is 0 Å². The van der Waals surface area contributed by atoms with Crippen molar-refractivity contribution in [1.82, 2.24) is 9.62 Å². The van der Waals surface area contributed by atoms with Crippen LogP contribution in [0.5, 0.6) is 0 Å². The van der Waals surface area contributed by atoms with E-state index in [-0.39, 0.29) is 6.04 Å². The molecule has 0 aliphatic heterocycles. The van der Waals surface area contributed by atoms with Crippen LogP contribution in [-0.4, -0.2) is 39.0 Å². The molecule has 1 N–H and O–H groups in total. The molecular weight excluding hydrogens is 256 g/mol. The molecule has 1 aromatic rings. The third kappa shape index (κ3) is 4.06. The van der Waals surface area contributed by atoms with Crippen LogP contribution in [0.15, 0.2) is 21.7 Å². The highest BCUT2D eigenvalue weighted by Gasteiger charge is 2.17. The maximum absolute atomic E-state index is 11.9. The smallest absolute Gasteiger partial charge is 0.250 e. The van der Waals surface area contributed by atoms with Crippen molar-refractivity contribution < 1.29 is 8.42 Å². The molecule has 1 atom stereocenters. The largest absolute Gasteiger partial charge is 0.300 e. The van der Waals surface area contributed by atoms with E-state index in [1.807, 2.05) is 6.92 Å². The third-order valence-electron chi connectivity index (χ3n) is 2.76. The van der Waals surface area contributed by atoms with Gasteiger partial charge in [-0.2, -0.15) is 0 Å². The fraction of sp³-hybridized carbons (Fsp3) is 0.636. The second-order valence-corrected chi connectivity index (χ2v) is 6.80. The second kappa shape index (κ2) is 6.49. The van der Waals surface area contributed by atoms with Crippen molar-refractivity contribution in [2.24, 2.45) is 0 Å². The number of rotatable bonds is 7. The minimum atomic E-state index is -3.32. The lowest BCUT2D eigenvalue weighted by atomic mass is 10.3. The molecule has 0 aliphatic rings. The van der Waals surface area contributed by atoms with Gasteiger partial charge in [-0.1, -0.05) is 19.9 Å². The Hall–Kier alpha value is -0.430. The first-order valence-corrected chi connectivity index (χ1v) is 8.14. The molecule has 0 aliphatic carbocycles. The van der Waals surface area contributed by atoms with Gasteiger partial charge < -0.3 is 0 Å². The SMILES string of the molecule is CCN(CC)C(C)CNS(=O)(=O)c1cccs1. The van der Waals surface area contributed by atoms with Crippen LogP contribution in [0.4, 0.5) is 0 Å². The third-order valence-corrected chi connectivity index (χ3v) is 5.59. The zero-order chi connectivity index (χ0) is 12.9. The molecule has 1 heterocycles. The van der Waals surface area contributed by atoms with E-state index in [1.54, 1.807) is 17.5 Å². The van der Waals surface area contributed by atoms with E-state index < -0.39 is 10.0 Å². The van der Waals surface area contributed by atoms with Crippen molar-refractivity contribution in [1.29, 1.82) is 0 Å². The van der Waals surface area contributed by atoms with Gasteiger partial charge in [-0.15, -0.1) is 11.3 Å². The van der Waals surface area contributed by atoms with Gasteiger partial charge in [0.1, 0.15) is 4.21 Å². The summed E-state index contributed by atoms with van der Waals surface area (Å²) in [6.45, 7) is 8.49. The van der Waals surface area contributed by atoms with Gasteiger partial charge in [0.15, 0.2) is 0 Å². The first-order valence-electron chi connectivity index (χ1n) is 5.78. The molecule has 0 fully saturated rings. The molecule has 98 valence electrons. The van der Waals surface area contributed by atoms with Gasteiger partial charge in [0.2, 0.25) is 10.0 Å². The van der Waals surface area contributed by atoms with Crippen LogP contribution in [0, 0.1) is 0 Å². The number of hydrogen-bond acceptors (Lipinski definition) is 4. The van der Waals surface area contributed by atoms with E-state index in [2.05, 4.69) is 23.5 Å². The Bertz CT molecular complexity index is 411. The number of hydrogen-bond donors (Lipinski definition) is 1. The average molecular weight is 276 g/mol. The van der Waals surface area contributed by atoms with E-state index in [0.717, 1.165) is 13.1 Å². The summed E-state index contributed by atoms with van der Waals surface area (Å²) in [6.07, 6.45) is 0. The first-order chi connectivity index (χ1) is 8.01. The summed E-state index contributed by atoms with van der Waals surface area (Å²) >= 11 is 1.24. The van der Waals surface area contributed by atoms with E-state index >= 15 is 0 Å². The Morgan fingerprint density at radius 1 is 1.41 bits per heavy atom. The fourth-order valence-electron chi connectivity index (χ4n) is 1.69. The standard InChI is InChI=1S/C11H20N2O2S2/c1-4-13(5-2)10(3)9-12-17(14,15)11-7-6-8-16-11/h6-8,10,12H,4-5,9H2,1-3H3. The zero-order valence-corrected chi connectivity index (χ0v) is 12.1. The van der Waals surface area contributed by atoms with Gasteiger partial charge in [-0.05, 0) is 31.5 Å². The van der Waals surface area contributed by atoms with Crippen LogP contribution in [0.3, 0.4) is 0 Å². The van der Waals surface area contributed by atoms with Gasteiger partial charge in [0, 0.05) is 12.6 Å². The highest BCUT2D eigenvalue weighted by atomic mass is 32.2. The summed E-state index contributed by atoms with van der Waals surface area (Å²) < 4.78 is 26.8. The fourth-order valence-corrected chi connectivity index (χ4v) is 3.85. The van der Waals surface area contributed by atoms with E-state index in [9.17, 15) is 8.42 Å². The van der Waals surface area contributed by atoms with E-state index in [4.69, 9.17) is 0 Å². The first kappa shape index (κ1) is 14.6. The van der Waals surface area contributed by atoms with Gasteiger partial charge in [0.25, 0.3) is 0 Å². The van der Waals surface area contributed by atoms with Gasteiger partial charge in [-0.3, -0.25) is 4.90 Å². The number of sulfonamides is 1. The van der Waals surface area contributed by atoms with Crippen molar-refractivity contribution in [2.45, 2.75) is 31.0 Å². The summed E-state index contributed by atoms with van der Waals surface area (Å²) in [7, 11) is -3.32. The normalized spacial score (nSPS) is 14.1. The predicted octanol–water partition coefficient (Wildman–Crippen LogP) is 1.76. The van der Waals surface area contributed by atoms with Crippen LogP contribution in [0.2, 0.25) is 0 Å². The molecule has 6 heteroatoms. The maximum Gasteiger partial charge on any atom is 0.250 e. The number of likely N-dealkylation sites (N-methyl/N-ethyl adjacent to an activating group) is 1. The lowest BCUT2D eigenvalue weighted by molar-refractivity contribution is 0.232. The van der Waals surface area contributed by atoms with Gasteiger partial charge in [-0.25, -0.2) is 13.1 Å². The molecule has 0 amide bonds. The summed E-state index contributed by atoms with van der Waals surface area (Å²) in [6, 6.07) is 3.57. The minimum absolute atomic E-state index is 0.208. The molecule has 1 rings (SSSR count). The molecule has 4 nitrogen and oxygen atoms in total. The molecule has 0 bridgehead atoms. The van der Waals surface area contributed by atoms with Crippen molar-refractivity contribution >= 4 is 21.4 Å². The lowest BCUT2D eigenvalue weighted by Gasteiger charge is -2.26. The average Bonchev–Trinajstić information content (AvgIpc) is 2.82. The Kier molecular flexibility index (Phi) is 5.58. The highest BCUT2D eigenvalue weighted by Crippen LogP contribution is 2.15. The van der Waals surface area contributed by atoms with Gasteiger partial charge in [0.05, 0.1) is 0 Å². The van der Waals surface area contributed by atoms with E-state index in [1.165, 1.54) is 11.3 Å². The van der Waals surface area contributed by atoms with Crippen molar-refractivity contribution in [2.75, 3.05) is 19.6 Å². The van der Waals surface area contributed by atoms with E-state index in [0.29, 0.717) is 10.8 Å². The lowest BCUT2D eigenvalue weighted by Crippen LogP contribution is -2.41. The second-order valence-electron chi connectivity index (χ2n) is 3.85. The molecule has 0 saturated carbocycles. The Morgan fingerprint density at radius 3 is 2.53 bits per heavy atom. The summed E-state index contributed by atoms with van der Waals surface area (Å²) in [4.78, 5) is 2.22. The van der Waals surface area contributed by atoms with Crippen molar-refractivity contribution in [3.05, 3.63) is 17.5 Å². The van der Waals surface area contributed by atoms with Crippen LogP contribution in [-0.2, 0) is 10.0 Å². The quantitative estimate of drug-likeness (QED) is 0.825. The number of nitrogens with zero attached hydrogens (tertiary/aromatic N) is 1. The van der Waals surface area contributed by atoms with Crippen LogP contribution >= 0.6 is 11.3 Å². The molecular formula is C11H20N2O2S2. The molecule has 0 aromatic carbocycles. The number of nitrogens with one attached hydrogen (secondary N) is 1. The molecule has 0 spiro atoms.